The van der Waals surface area contributed by atoms with Gasteiger partial charge in [-0.15, -0.1) is 0 Å². The van der Waals surface area contributed by atoms with Crippen molar-refractivity contribution in [1.29, 1.82) is 5.26 Å². The molecule has 2 bridgehead atoms. The van der Waals surface area contributed by atoms with Crippen molar-refractivity contribution in [3.8, 4) is 11.8 Å². The molecular formula is C19H25ClN4O2. The molecule has 0 saturated carbocycles. The van der Waals surface area contributed by atoms with Gasteiger partial charge >= 0.3 is 0 Å². The fraction of sp³-hybridized carbons (Fsp3) is 0.579. The lowest BCUT2D eigenvalue weighted by atomic mass is 9.97. The number of nitrogens with zero attached hydrogens (tertiary/aromatic N) is 2. The van der Waals surface area contributed by atoms with Crippen LogP contribution < -0.4 is 15.8 Å². The van der Waals surface area contributed by atoms with Gasteiger partial charge in [0.25, 0.3) is 5.91 Å². The van der Waals surface area contributed by atoms with Gasteiger partial charge in [-0.25, -0.2) is 0 Å². The third-order valence-electron chi connectivity index (χ3n) is 5.47. The van der Waals surface area contributed by atoms with E-state index in [0.717, 1.165) is 12.8 Å². The molecule has 2 saturated heterocycles. The molecule has 1 aromatic rings. The summed E-state index contributed by atoms with van der Waals surface area (Å²) in [7, 11) is 2.17. The molecule has 3 rings (SSSR count). The first-order valence-electron chi connectivity index (χ1n) is 9.11. The second-order valence-corrected chi connectivity index (χ2v) is 7.58. The molecule has 2 unspecified atom stereocenters. The van der Waals surface area contributed by atoms with Crippen molar-refractivity contribution in [3.63, 3.8) is 0 Å². The van der Waals surface area contributed by atoms with Crippen molar-refractivity contribution in [2.45, 2.75) is 56.7 Å². The highest BCUT2D eigenvalue weighted by atomic mass is 35.5. The number of nitrogen functional groups attached to an aromatic ring is 1. The van der Waals surface area contributed by atoms with Crippen molar-refractivity contribution in [2.75, 3.05) is 19.4 Å². The summed E-state index contributed by atoms with van der Waals surface area (Å²) in [4.78, 5) is 15.3. The monoisotopic (exact) mass is 376 g/mol. The Labute approximate surface area is 159 Å². The summed E-state index contributed by atoms with van der Waals surface area (Å²) >= 11 is 6.12. The first-order valence-corrected chi connectivity index (χ1v) is 9.49. The molecule has 6 nitrogen and oxygen atoms in total. The number of nitrogens with one attached hydrogen (secondary N) is 1. The van der Waals surface area contributed by atoms with Gasteiger partial charge in [0.05, 0.1) is 28.9 Å². The Morgan fingerprint density at radius 1 is 1.42 bits per heavy atom. The van der Waals surface area contributed by atoms with Gasteiger partial charge in [-0.3, -0.25) is 4.79 Å². The van der Waals surface area contributed by atoms with Crippen molar-refractivity contribution < 1.29 is 9.53 Å². The van der Waals surface area contributed by atoms with E-state index >= 15 is 0 Å². The van der Waals surface area contributed by atoms with Crippen molar-refractivity contribution >= 4 is 23.2 Å². The van der Waals surface area contributed by atoms with Crippen LogP contribution >= 0.6 is 11.6 Å². The van der Waals surface area contributed by atoms with Crippen LogP contribution in [0.1, 0.15) is 48.9 Å². The van der Waals surface area contributed by atoms with Crippen LogP contribution in [-0.2, 0) is 0 Å². The molecule has 3 N–H and O–H groups in total. The van der Waals surface area contributed by atoms with Crippen LogP contribution in [0.15, 0.2) is 12.1 Å². The maximum Gasteiger partial charge on any atom is 0.255 e. The number of ether oxygens (including phenoxy) is 1. The number of halogens is 1. The topological polar surface area (TPSA) is 91.4 Å². The maximum atomic E-state index is 12.8. The zero-order valence-corrected chi connectivity index (χ0v) is 15.8. The first kappa shape index (κ1) is 18.8. The van der Waals surface area contributed by atoms with Crippen LogP contribution in [0.4, 0.5) is 5.69 Å². The molecule has 2 fully saturated rings. The molecule has 1 aromatic carbocycles. The first-order chi connectivity index (χ1) is 12.5. The highest BCUT2D eigenvalue weighted by Gasteiger charge is 2.39. The predicted octanol–water partition coefficient (Wildman–Crippen LogP) is 2.96. The molecule has 7 heteroatoms. The van der Waals surface area contributed by atoms with Crippen LogP contribution in [-0.4, -0.2) is 42.6 Å². The summed E-state index contributed by atoms with van der Waals surface area (Å²) in [6.45, 7) is 0.354. The van der Waals surface area contributed by atoms with Crippen molar-refractivity contribution in [3.05, 3.63) is 22.7 Å². The van der Waals surface area contributed by atoms with Gasteiger partial charge in [0.1, 0.15) is 5.75 Å². The van der Waals surface area contributed by atoms with Crippen LogP contribution in [0.25, 0.3) is 0 Å². The third-order valence-corrected chi connectivity index (χ3v) is 5.79. The van der Waals surface area contributed by atoms with Gasteiger partial charge in [-0.05, 0) is 45.2 Å². The number of hydrogen-bond donors (Lipinski definition) is 2. The normalized spacial score (nSPS) is 24.9. The number of benzene rings is 1. The van der Waals surface area contributed by atoms with Crippen LogP contribution in [0.3, 0.4) is 0 Å². The Balaban J connectivity index is 1.69. The molecule has 2 heterocycles. The maximum absolute atomic E-state index is 12.8. The molecule has 2 aliphatic heterocycles. The van der Waals surface area contributed by atoms with E-state index in [-0.39, 0.29) is 11.9 Å². The molecule has 0 radical (unpaired) electrons. The van der Waals surface area contributed by atoms with Crippen molar-refractivity contribution in [2.24, 2.45) is 0 Å². The zero-order valence-electron chi connectivity index (χ0n) is 15.0. The molecule has 2 aliphatic rings. The van der Waals surface area contributed by atoms with Gasteiger partial charge in [0.15, 0.2) is 0 Å². The fourth-order valence-electron chi connectivity index (χ4n) is 3.99. The molecular weight excluding hydrogens is 352 g/mol. The average molecular weight is 377 g/mol. The van der Waals surface area contributed by atoms with E-state index in [1.807, 2.05) is 0 Å². The number of anilines is 1. The van der Waals surface area contributed by atoms with Gasteiger partial charge in [-0.2, -0.15) is 5.26 Å². The highest BCUT2D eigenvalue weighted by molar-refractivity contribution is 6.33. The highest BCUT2D eigenvalue weighted by Crippen LogP contribution is 2.35. The molecule has 1 amide bonds. The van der Waals surface area contributed by atoms with Crippen molar-refractivity contribution in [1.82, 2.24) is 10.2 Å². The predicted molar refractivity (Wildman–Crippen MR) is 101 cm³/mol. The zero-order chi connectivity index (χ0) is 18.7. The van der Waals surface area contributed by atoms with Gasteiger partial charge < -0.3 is 20.7 Å². The van der Waals surface area contributed by atoms with E-state index in [4.69, 9.17) is 27.3 Å². The quantitative estimate of drug-likeness (QED) is 0.588. The Bertz CT molecular complexity index is 704. The second kappa shape index (κ2) is 8.15. The smallest absolute Gasteiger partial charge is 0.255 e. The number of fused-ring (bicyclic) bond motifs is 2. The summed E-state index contributed by atoms with van der Waals surface area (Å²) in [6, 6.07) is 6.49. The number of rotatable bonds is 6. The van der Waals surface area contributed by atoms with E-state index in [1.54, 1.807) is 12.1 Å². The number of nitrogens with two attached hydrogens (primary N) is 1. The Kier molecular flexibility index (Phi) is 5.90. The number of nitriles is 1. The number of amides is 1. The number of carbonyl (C=O) groups excluding carboxylic acids is 1. The van der Waals surface area contributed by atoms with E-state index in [2.05, 4.69) is 23.3 Å². The van der Waals surface area contributed by atoms with E-state index in [9.17, 15) is 4.79 Å². The van der Waals surface area contributed by atoms with Gasteiger partial charge in [0.2, 0.25) is 0 Å². The third kappa shape index (κ3) is 4.05. The minimum atomic E-state index is -0.184. The lowest BCUT2D eigenvalue weighted by molar-refractivity contribution is 0.0878. The lowest BCUT2D eigenvalue weighted by Crippen LogP contribution is -2.48. The summed E-state index contributed by atoms with van der Waals surface area (Å²) in [5, 5.41) is 12.1. The lowest BCUT2D eigenvalue weighted by Gasteiger charge is -2.36. The minimum absolute atomic E-state index is 0.166. The molecule has 0 spiro atoms. The standard InChI is InChI=1S/C19H25ClN4O2/c1-24-13-4-5-14(24)9-12(8-13)23-19(25)15-10-16(20)17(22)11-18(15)26-7-3-2-6-21/h10-14H,2-5,7-9,22H2,1H3,(H,23,25). The number of piperidine rings is 1. The van der Waals surface area contributed by atoms with Gasteiger partial charge in [-0.1, -0.05) is 11.6 Å². The number of carbonyl (C=O) groups is 1. The second-order valence-electron chi connectivity index (χ2n) is 7.17. The Morgan fingerprint density at radius 3 is 2.77 bits per heavy atom. The Morgan fingerprint density at radius 2 is 2.12 bits per heavy atom. The minimum Gasteiger partial charge on any atom is -0.493 e. The largest absolute Gasteiger partial charge is 0.493 e. The van der Waals surface area contributed by atoms with Crippen LogP contribution in [0.5, 0.6) is 5.75 Å². The molecule has 0 aromatic heterocycles. The van der Waals surface area contributed by atoms with E-state index in [0.29, 0.717) is 53.6 Å². The molecule has 140 valence electrons. The molecule has 0 aliphatic carbocycles. The van der Waals surface area contributed by atoms with Crippen LogP contribution in [0, 0.1) is 11.3 Å². The summed E-state index contributed by atoms with van der Waals surface area (Å²) in [6.07, 6.45) is 5.35. The summed E-state index contributed by atoms with van der Waals surface area (Å²) < 4.78 is 5.70. The molecule has 26 heavy (non-hydrogen) atoms. The Hall–Kier alpha value is -1.97. The van der Waals surface area contributed by atoms with E-state index < -0.39 is 0 Å². The number of hydrogen-bond acceptors (Lipinski definition) is 5. The summed E-state index contributed by atoms with van der Waals surface area (Å²) in [5.74, 6) is 0.231. The van der Waals surface area contributed by atoms with Crippen LogP contribution in [0.2, 0.25) is 5.02 Å². The fourth-order valence-corrected chi connectivity index (χ4v) is 4.16. The molecule has 2 atom stereocenters. The van der Waals surface area contributed by atoms with Gasteiger partial charge in [0, 0.05) is 30.6 Å². The SMILES string of the molecule is CN1C2CCC1CC(NC(=O)c1cc(Cl)c(N)cc1OCCCC#N)C2. The van der Waals surface area contributed by atoms with E-state index in [1.165, 1.54) is 12.8 Å². The summed E-state index contributed by atoms with van der Waals surface area (Å²) in [5.41, 5.74) is 6.63. The average Bonchev–Trinajstić information content (AvgIpc) is 2.82. The number of unbranched alkanes of at least 4 members (excludes halogenated alkanes) is 1.